The van der Waals surface area contributed by atoms with Crippen LogP contribution in [0.4, 0.5) is 0 Å². The number of hydrogen-bond donors (Lipinski definition) is 1. The van der Waals surface area contributed by atoms with Crippen molar-refractivity contribution in [2.75, 3.05) is 20.8 Å². The molecule has 1 aromatic carbocycles. The Hall–Kier alpha value is -1.55. The molecular formula is C16H25NO3. The largest absolute Gasteiger partial charge is 0.496 e. The predicted molar refractivity (Wildman–Crippen MR) is 79.9 cm³/mol. The predicted octanol–water partition coefficient (Wildman–Crippen LogP) is 2.85. The third-order valence-corrected chi connectivity index (χ3v) is 3.39. The summed E-state index contributed by atoms with van der Waals surface area (Å²) >= 11 is 0. The molecule has 4 heteroatoms. The Bertz CT molecular complexity index is 469. The Morgan fingerprint density at radius 1 is 1.35 bits per heavy atom. The lowest BCUT2D eigenvalue weighted by Crippen LogP contribution is -2.40. The van der Waals surface area contributed by atoms with E-state index in [4.69, 9.17) is 9.47 Å². The average molecular weight is 279 g/mol. The van der Waals surface area contributed by atoms with Gasteiger partial charge in [-0.15, -0.1) is 0 Å². The molecule has 0 saturated heterocycles. The summed E-state index contributed by atoms with van der Waals surface area (Å²) in [6, 6.07) is 5.88. The van der Waals surface area contributed by atoms with Crippen LogP contribution in [0.3, 0.4) is 0 Å². The molecule has 1 rings (SSSR count). The highest BCUT2D eigenvalue weighted by Gasteiger charge is 2.28. The van der Waals surface area contributed by atoms with E-state index >= 15 is 0 Å². The molecule has 1 atom stereocenters. The summed E-state index contributed by atoms with van der Waals surface area (Å²) in [5.41, 5.74) is 1.58. The van der Waals surface area contributed by atoms with Crippen molar-refractivity contribution in [3.8, 4) is 5.75 Å². The molecule has 1 N–H and O–H groups in total. The van der Waals surface area contributed by atoms with Gasteiger partial charge in [-0.25, -0.2) is 0 Å². The van der Waals surface area contributed by atoms with E-state index in [2.05, 4.69) is 5.32 Å². The third-order valence-electron chi connectivity index (χ3n) is 3.39. The summed E-state index contributed by atoms with van der Waals surface area (Å²) in [7, 11) is 3.26. The Labute approximate surface area is 121 Å². The zero-order chi connectivity index (χ0) is 15.3. The molecule has 0 radical (unpaired) electrons. The zero-order valence-electron chi connectivity index (χ0n) is 13.2. The number of rotatable bonds is 6. The maximum atomic E-state index is 12.2. The molecule has 0 aliphatic heterocycles. The van der Waals surface area contributed by atoms with E-state index in [1.807, 2.05) is 45.9 Å². The summed E-state index contributed by atoms with van der Waals surface area (Å²) in [4.78, 5) is 12.2. The Morgan fingerprint density at radius 3 is 2.50 bits per heavy atom. The maximum Gasteiger partial charge on any atom is 0.228 e. The topological polar surface area (TPSA) is 47.6 Å². The van der Waals surface area contributed by atoms with Crippen molar-refractivity contribution in [3.05, 3.63) is 29.3 Å². The van der Waals surface area contributed by atoms with Gasteiger partial charge in [-0.05, 0) is 44.9 Å². The van der Waals surface area contributed by atoms with Crippen LogP contribution in [0, 0.1) is 12.3 Å². The molecule has 0 saturated carbocycles. The summed E-state index contributed by atoms with van der Waals surface area (Å²) < 4.78 is 10.3. The molecule has 1 amide bonds. The number of aryl methyl sites for hydroxylation is 1. The van der Waals surface area contributed by atoms with Crippen LogP contribution in [-0.2, 0) is 9.53 Å². The number of benzene rings is 1. The molecule has 1 aromatic rings. The molecule has 0 spiro atoms. The minimum Gasteiger partial charge on any atom is -0.496 e. The van der Waals surface area contributed by atoms with Crippen LogP contribution in [0.15, 0.2) is 18.2 Å². The summed E-state index contributed by atoms with van der Waals surface area (Å²) in [6.45, 7) is 8.11. The second kappa shape index (κ2) is 6.75. The molecule has 112 valence electrons. The Balaban J connectivity index is 2.78. The van der Waals surface area contributed by atoms with Crippen molar-refractivity contribution in [2.45, 2.75) is 33.7 Å². The van der Waals surface area contributed by atoms with Crippen molar-refractivity contribution < 1.29 is 14.3 Å². The second-order valence-electron chi connectivity index (χ2n) is 5.74. The van der Waals surface area contributed by atoms with E-state index in [1.54, 1.807) is 14.2 Å². The molecule has 0 aliphatic rings. The van der Waals surface area contributed by atoms with Crippen LogP contribution in [0.25, 0.3) is 0 Å². The fourth-order valence-electron chi connectivity index (χ4n) is 2.07. The van der Waals surface area contributed by atoms with Gasteiger partial charge in [0.1, 0.15) is 5.75 Å². The van der Waals surface area contributed by atoms with Crippen LogP contribution in [0.2, 0.25) is 0 Å². The van der Waals surface area contributed by atoms with Crippen molar-refractivity contribution >= 4 is 5.91 Å². The van der Waals surface area contributed by atoms with Crippen molar-refractivity contribution in [1.29, 1.82) is 0 Å². The zero-order valence-corrected chi connectivity index (χ0v) is 13.2. The molecule has 4 nitrogen and oxygen atoms in total. The van der Waals surface area contributed by atoms with Gasteiger partial charge in [0.25, 0.3) is 0 Å². The standard InChI is InChI=1S/C16H25NO3/c1-11-9-13(7-8-14(11)20-6)12(2)17-15(18)16(3,4)10-19-5/h7-9,12H,10H2,1-6H3,(H,17,18)/t12-/m1/s1. The summed E-state index contributed by atoms with van der Waals surface area (Å²) in [6.07, 6.45) is 0. The highest BCUT2D eigenvalue weighted by Crippen LogP contribution is 2.24. The van der Waals surface area contributed by atoms with Crippen LogP contribution in [0.1, 0.15) is 37.9 Å². The van der Waals surface area contributed by atoms with Gasteiger partial charge in [-0.2, -0.15) is 0 Å². The maximum absolute atomic E-state index is 12.2. The molecule has 0 aliphatic carbocycles. The fourth-order valence-corrected chi connectivity index (χ4v) is 2.07. The highest BCUT2D eigenvalue weighted by molar-refractivity contribution is 5.82. The third kappa shape index (κ3) is 3.97. The lowest BCUT2D eigenvalue weighted by atomic mass is 9.92. The van der Waals surface area contributed by atoms with Gasteiger partial charge < -0.3 is 14.8 Å². The van der Waals surface area contributed by atoms with Gasteiger partial charge >= 0.3 is 0 Å². The van der Waals surface area contributed by atoms with E-state index in [-0.39, 0.29) is 11.9 Å². The number of carbonyl (C=O) groups is 1. The normalized spacial score (nSPS) is 12.9. The number of methoxy groups -OCH3 is 2. The van der Waals surface area contributed by atoms with Crippen molar-refractivity contribution in [1.82, 2.24) is 5.32 Å². The van der Waals surface area contributed by atoms with Gasteiger partial charge in [0.15, 0.2) is 0 Å². The van der Waals surface area contributed by atoms with Crippen molar-refractivity contribution in [3.63, 3.8) is 0 Å². The minimum absolute atomic E-state index is 0.0136. The highest BCUT2D eigenvalue weighted by atomic mass is 16.5. The Morgan fingerprint density at radius 2 is 2.00 bits per heavy atom. The number of ether oxygens (including phenoxy) is 2. The number of carbonyl (C=O) groups excluding carboxylic acids is 1. The first-order valence-corrected chi connectivity index (χ1v) is 6.76. The molecule has 20 heavy (non-hydrogen) atoms. The van der Waals surface area contributed by atoms with Crippen LogP contribution in [-0.4, -0.2) is 26.7 Å². The molecule has 0 aromatic heterocycles. The second-order valence-corrected chi connectivity index (χ2v) is 5.74. The van der Waals surface area contributed by atoms with E-state index in [1.165, 1.54) is 0 Å². The van der Waals surface area contributed by atoms with E-state index in [9.17, 15) is 4.79 Å². The molecular weight excluding hydrogens is 254 g/mol. The number of amides is 1. The summed E-state index contributed by atoms with van der Waals surface area (Å²) in [5, 5.41) is 3.03. The van der Waals surface area contributed by atoms with Gasteiger partial charge in [0.05, 0.1) is 25.2 Å². The van der Waals surface area contributed by atoms with Gasteiger partial charge in [-0.3, -0.25) is 4.79 Å². The molecule has 0 unspecified atom stereocenters. The van der Waals surface area contributed by atoms with Crippen molar-refractivity contribution in [2.24, 2.45) is 5.41 Å². The minimum atomic E-state index is -0.537. The SMILES string of the molecule is COCC(C)(C)C(=O)N[C@H](C)c1ccc(OC)c(C)c1. The van der Waals surface area contributed by atoms with Crippen LogP contribution >= 0.6 is 0 Å². The quantitative estimate of drug-likeness (QED) is 0.871. The fraction of sp³-hybridized carbons (Fsp3) is 0.562. The number of nitrogens with one attached hydrogen (secondary N) is 1. The van der Waals surface area contributed by atoms with Gasteiger partial charge in [0.2, 0.25) is 5.91 Å². The van der Waals surface area contributed by atoms with Gasteiger partial charge in [0, 0.05) is 7.11 Å². The van der Waals surface area contributed by atoms with Crippen LogP contribution < -0.4 is 10.1 Å². The molecule has 0 bridgehead atoms. The van der Waals surface area contributed by atoms with E-state index in [0.29, 0.717) is 6.61 Å². The molecule has 0 fully saturated rings. The first-order chi connectivity index (χ1) is 9.31. The first kappa shape index (κ1) is 16.5. The van der Waals surface area contributed by atoms with Gasteiger partial charge in [-0.1, -0.05) is 12.1 Å². The average Bonchev–Trinajstić information content (AvgIpc) is 2.38. The smallest absolute Gasteiger partial charge is 0.228 e. The van der Waals surface area contributed by atoms with E-state index in [0.717, 1.165) is 16.9 Å². The summed E-state index contributed by atoms with van der Waals surface area (Å²) in [5.74, 6) is 0.840. The lowest BCUT2D eigenvalue weighted by Gasteiger charge is -2.25. The van der Waals surface area contributed by atoms with Crippen LogP contribution in [0.5, 0.6) is 5.75 Å². The van der Waals surface area contributed by atoms with E-state index < -0.39 is 5.41 Å². The number of hydrogen-bond acceptors (Lipinski definition) is 3. The molecule has 0 heterocycles. The first-order valence-electron chi connectivity index (χ1n) is 6.76. The lowest BCUT2D eigenvalue weighted by molar-refractivity contribution is -0.132. The monoisotopic (exact) mass is 279 g/mol. The Kier molecular flexibility index (Phi) is 5.57.